The van der Waals surface area contributed by atoms with Crippen LogP contribution < -0.4 is 20.7 Å². The molecule has 1 aliphatic rings. The van der Waals surface area contributed by atoms with Crippen LogP contribution in [-0.2, 0) is 9.53 Å². The minimum Gasteiger partial charge on any atom is -0.466 e. The predicted octanol–water partition coefficient (Wildman–Crippen LogP) is 6.98. The first-order valence-electron chi connectivity index (χ1n) is 14.2. The summed E-state index contributed by atoms with van der Waals surface area (Å²) in [5.74, 6) is -0.363. The van der Waals surface area contributed by atoms with E-state index >= 15 is 0 Å². The zero-order valence-electron chi connectivity index (χ0n) is 24.5. The van der Waals surface area contributed by atoms with E-state index in [4.69, 9.17) is 4.74 Å². The molecular weight excluding hydrogens is 551 g/mol. The van der Waals surface area contributed by atoms with Crippen LogP contribution in [0.3, 0.4) is 0 Å². The van der Waals surface area contributed by atoms with Crippen molar-refractivity contribution in [2.75, 3.05) is 18.5 Å². The Hall–Kier alpha value is -3.76. The number of carbonyl (C=O) groups excluding carboxylic acids is 3. The molecule has 42 heavy (non-hydrogen) atoms. The van der Waals surface area contributed by atoms with Crippen LogP contribution in [0.5, 0.6) is 5.75 Å². The van der Waals surface area contributed by atoms with E-state index in [0.29, 0.717) is 17.2 Å². The lowest BCUT2D eigenvalue weighted by Gasteiger charge is -2.39. The molecule has 230 valence electrons. The minimum absolute atomic E-state index is 0.0775. The summed E-state index contributed by atoms with van der Waals surface area (Å²) in [7, 11) is 0. The van der Waals surface area contributed by atoms with Gasteiger partial charge in [-0.2, -0.15) is 0 Å². The number of anilines is 1. The molecule has 0 radical (unpaired) electrons. The first-order chi connectivity index (χ1) is 19.7. The number of carbonyl (C=O) groups is 3. The van der Waals surface area contributed by atoms with Crippen LogP contribution in [0, 0.1) is 17.3 Å². The van der Waals surface area contributed by atoms with Crippen molar-refractivity contribution >= 4 is 23.6 Å². The highest BCUT2D eigenvalue weighted by atomic mass is 19.4. The van der Waals surface area contributed by atoms with Gasteiger partial charge in [0.2, 0.25) is 0 Å². The zero-order chi connectivity index (χ0) is 30.9. The standard InChI is InChI=1S/C31H40F3N3O5/c1-5-41-26(38)18-19-35-28(39)22-8-6-20(7-9-22)27(21-10-12-23(13-11-21)30(2,3)4)37-29(40)36-24-14-16-25(17-15-24)42-31(32,33)34/h6-9,14-17,21,23,27H,5,10-13,18-19H2,1-4H3,(H,35,39)(H2,36,37,40)/t21-,23+,27?. The maximum absolute atomic E-state index is 13.0. The SMILES string of the molecule is CCOC(=O)CCNC(=O)c1ccc(C(NC(=O)Nc2ccc(OC(F)(F)F)cc2)[C@H]2CC[C@@H](C(C)(C)C)CC2)cc1. The molecular formula is C31H40F3N3O5. The van der Waals surface area contributed by atoms with Crippen LogP contribution in [0.2, 0.25) is 0 Å². The molecule has 11 heteroatoms. The highest BCUT2D eigenvalue weighted by Gasteiger charge is 2.34. The number of alkyl halides is 3. The third kappa shape index (κ3) is 10.3. The van der Waals surface area contributed by atoms with Crippen LogP contribution in [0.1, 0.15) is 81.8 Å². The number of rotatable bonds is 10. The van der Waals surface area contributed by atoms with Gasteiger partial charge in [0, 0.05) is 17.8 Å². The molecule has 0 bridgehead atoms. The van der Waals surface area contributed by atoms with Crippen LogP contribution in [0.15, 0.2) is 48.5 Å². The molecule has 0 saturated heterocycles. The van der Waals surface area contributed by atoms with Crippen molar-refractivity contribution in [1.82, 2.24) is 10.6 Å². The van der Waals surface area contributed by atoms with E-state index in [1.807, 2.05) is 12.1 Å². The number of halogens is 3. The van der Waals surface area contributed by atoms with Gasteiger partial charge in [-0.25, -0.2) is 4.79 Å². The minimum atomic E-state index is -4.80. The third-order valence-corrected chi connectivity index (χ3v) is 7.55. The van der Waals surface area contributed by atoms with Crippen molar-refractivity contribution in [3.05, 3.63) is 59.7 Å². The van der Waals surface area contributed by atoms with Gasteiger partial charge in [0.05, 0.1) is 19.1 Å². The topological polar surface area (TPSA) is 106 Å². The molecule has 1 unspecified atom stereocenters. The molecule has 0 aliphatic heterocycles. The van der Waals surface area contributed by atoms with Gasteiger partial charge in [-0.15, -0.1) is 13.2 Å². The molecule has 1 fully saturated rings. The number of benzene rings is 2. The number of nitrogens with one attached hydrogen (secondary N) is 3. The van der Waals surface area contributed by atoms with Crippen LogP contribution in [0.25, 0.3) is 0 Å². The fourth-order valence-electron chi connectivity index (χ4n) is 5.30. The van der Waals surface area contributed by atoms with Crippen molar-refractivity contribution in [3.63, 3.8) is 0 Å². The first kappa shape index (κ1) is 32.8. The van der Waals surface area contributed by atoms with E-state index in [1.54, 1.807) is 19.1 Å². The van der Waals surface area contributed by atoms with Gasteiger partial charge in [-0.3, -0.25) is 9.59 Å². The Morgan fingerprint density at radius 1 is 0.929 bits per heavy atom. The molecule has 0 aromatic heterocycles. The van der Waals surface area contributed by atoms with Gasteiger partial charge in [0.15, 0.2) is 0 Å². The van der Waals surface area contributed by atoms with E-state index in [-0.39, 0.29) is 54.6 Å². The summed E-state index contributed by atoms with van der Waals surface area (Å²) in [4.78, 5) is 37.1. The lowest BCUT2D eigenvalue weighted by Crippen LogP contribution is -2.38. The van der Waals surface area contributed by atoms with Crippen molar-refractivity contribution in [1.29, 1.82) is 0 Å². The van der Waals surface area contributed by atoms with Gasteiger partial charge >= 0.3 is 18.4 Å². The zero-order valence-corrected chi connectivity index (χ0v) is 24.5. The predicted molar refractivity (Wildman–Crippen MR) is 153 cm³/mol. The molecule has 2 aromatic carbocycles. The Morgan fingerprint density at radius 3 is 2.10 bits per heavy atom. The van der Waals surface area contributed by atoms with Crippen LogP contribution >= 0.6 is 0 Å². The second-order valence-electron chi connectivity index (χ2n) is 11.6. The highest BCUT2D eigenvalue weighted by Crippen LogP contribution is 2.43. The molecule has 3 rings (SSSR count). The molecule has 2 aromatic rings. The van der Waals surface area contributed by atoms with Gasteiger partial charge in [-0.05, 0) is 91.8 Å². The fourth-order valence-corrected chi connectivity index (χ4v) is 5.30. The molecule has 0 heterocycles. The Morgan fingerprint density at radius 2 is 1.55 bits per heavy atom. The second kappa shape index (κ2) is 14.4. The average Bonchev–Trinajstić information content (AvgIpc) is 2.92. The Bertz CT molecular complexity index is 1190. The van der Waals surface area contributed by atoms with E-state index in [2.05, 4.69) is 41.5 Å². The van der Waals surface area contributed by atoms with Crippen molar-refractivity contribution in [3.8, 4) is 5.75 Å². The Labute approximate surface area is 244 Å². The van der Waals surface area contributed by atoms with Gasteiger partial charge in [0.25, 0.3) is 5.91 Å². The summed E-state index contributed by atoms with van der Waals surface area (Å²) in [5, 5.41) is 8.44. The number of hydrogen-bond donors (Lipinski definition) is 3. The van der Waals surface area contributed by atoms with Crippen molar-refractivity contribution in [2.45, 2.75) is 72.2 Å². The lowest BCUT2D eigenvalue weighted by atomic mass is 9.68. The van der Waals surface area contributed by atoms with E-state index < -0.39 is 12.4 Å². The van der Waals surface area contributed by atoms with Gasteiger partial charge in [0.1, 0.15) is 5.75 Å². The second-order valence-corrected chi connectivity index (χ2v) is 11.6. The quantitative estimate of drug-likeness (QED) is 0.259. The summed E-state index contributed by atoms with van der Waals surface area (Å²) in [5.41, 5.74) is 1.76. The summed E-state index contributed by atoms with van der Waals surface area (Å²) in [6.07, 6.45) is -0.859. The maximum atomic E-state index is 13.0. The monoisotopic (exact) mass is 591 g/mol. The van der Waals surface area contributed by atoms with Gasteiger partial charge < -0.3 is 25.4 Å². The van der Waals surface area contributed by atoms with Crippen LogP contribution in [0.4, 0.5) is 23.7 Å². The smallest absolute Gasteiger partial charge is 0.466 e. The normalized spacial score (nSPS) is 18.0. The summed E-state index contributed by atoms with van der Waals surface area (Å²) in [6.45, 7) is 8.87. The Balaban J connectivity index is 1.70. The average molecular weight is 592 g/mol. The van der Waals surface area contributed by atoms with E-state index in [0.717, 1.165) is 43.4 Å². The lowest BCUT2D eigenvalue weighted by molar-refractivity contribution is -0.274. The van der Waals surface area contributed by atoms with Crippen LogP contribution in [-0.4, -0.2) is 37.4 Å². The molecule has 1 saturated carbocycles. The number of esters is 1. The Kier molecular flexibility index (Phi) is 11.2. The molecule has 8 nitrogen and oxygen atoms in total. The molecule has 3 amide bonds. The third-order valence-electron chi connectivity index (χ3n) is 7.55. The number of urea groups is 1. The molecule has 0 spiro atoms. The highest BCUT2D eigenvalue weighted by molar-refractivity contribution is 5.94. The van der Waals surface area contributed by atoms with E-state index in [1.165, 1.54) is 12.1 Å². The number of amides is 3. The molecule has 1 atom stereocenters. The fraction of sp³-hybridized carbons (Fsp3) is 0.516. The summed E-state index contributed by atoms with van der Waals surface area (Å²) >= 11 is 0. The summed E-state index contributed by atoms with van der Waals surface area (Å²) < 4.78 is 46.1. The first-order valence-corrected chi connectivity index (χ1v) is 14.2. The maximum Gasteiger partial charge on any atom is 0.573 e. The molecule has 1 aliphatic carbocycles. The largest absolute Gasteiger partial charge is 0.573 e. The van der Waals surface area contributed by atoms with Crippen molar-refractivity contribution < 1.29 is 37.0 Å². The van der Waals surface area contributed by atoms with Crippen molar-refractivity contribution in [2.24, 2.45) is 17.3 Å². The molecule has 3 N–H and O–H groups in total. The van der Waals surface area contributed by atoms with E-state index in [9.17, 15) is 27.6 Å². The number of hydrogen-bond acceptors (Lipinski definition) is 5. The summed E-state index contributed by atoms with van der Waals surface area (Å²) in [6, 6.07) is 11.1. The number of ether oxygens (including phenoxy) is 2. The van der Waals surface area contributed by atoms with Gasteiger partial charge in [-0.1, -0.05) is 32.9 Å².